The lowest BCUT2D eigenvalue weighted by molar-refractivity contribution is -0.114. The third kappa shape index (κ3) is 1.19. The van der Waals surface area contributed by atoms with E-state index in [-0.39, 0.29) is 5.91 Å². The average molecular weight is 126 g/mol. The van der Waals surface area contributed by atoms with Crippen LogP contribution in [0.5, 0.6) is 0 Å². The SMILES string of the molecule is CNC(=O)C1=NO[C]C1. The van der Waals surface area contributed by atoms with Crippen LogP contribution < -0.4 is 5.32 Å². The van der Waals surface area contributed by atoms with E-state index in [9.17, 15) is 4.79 Å². The lowest BCUT2D eigenvalue weighted by Gasteiger charge is -1.91. The summed E-state index contributed by atoms with van der Waals surface area (Å²) in [5.41, 5.74) is 0.373. The number of amides is 1. The van der Waals surface area contributed by atoms with Crippen LogP contribution in [0.2, 0.25) is 0 Å². The molecule has 4 nitrogen and oxygen atoms in total. The molecule has 4 heteroatoms. The summed E-state index contributed by atoms with van der Waals surface area (Å²) in [5.74, 6) is -0.208. The Morgan fingerprint density at radius 1 is 2.00 bits per heavy atom. The molecule has 0 aromatic heterocycles. The number of nitrogens with one attached hydrogen (secondary N) is 1. The Kier molecular flexibility index (Phi) is 1.67. The predicted molar refractivity (Wildman–Crippen MR) is 30.4 cm³/mol. The van der Waals surface area contributed by atoms with Gasteiger partial charge in [-0.3, -0.25) is 4.79 Å². The van der Waals surface area contributed by atoms with E-state index in [2.05, 4.69) is 21.9 Å². The lowest BCUT2D eigenvalue weighted by atomic mass is 10.3. The molecule has 0 aromatic rings. The van der Waals surface area contributed by atoms with Crippen LogP contribution in [-0.4, -0.2) is 18.7 Å². The second-order valence-electron chi connectivity index (χ2n) is 1.53. The van der Waals surface area contributed by atoms with Gasteiger partial charge in [-0.2, -0.15) is 0 Å². The van der Waals surface area contributed by atoms with Crippen molar-refractivity contribution in [2.24, 2.45) is 5.16 Å². The highest BCUT2D eigenvalue weighted by molar-refractivity contribution is 6.39. The van der Waals surface area contributed by atoms with Gasteiger partial charge in [0.1, 0.15) is 5.71 Å². The number of carbonyl (C=O) groups excluding carboxylic acids is 1. The van der Waals surface area contributed by atoms with Gasteiger partial charge in [0.05, 0.1) is 6.42 Å². The molecule has 0 unspecified atom stereocenters. The molecule has 9 heavy (non-hydrogen) atoms. The van der Waals surface area contributed by atoms with E-state index in [1.807, 2.05) is 0 Å². The van der Waals surface area contributed by atoms with Crippen molar-refractivity contribution >= 4 is 11.6 Å². The van der Waals surface area contributed by atoms with Crippen LogP contribution in [0.15, 0.2) is 5.16 Å². The first-order valence-corrected chi connectivity index (χ1v) is 2.52. The Bertz CT molecular complexity index is 153. The number of nitrogens with zero attached hydrogens (tertiary/aromatic N) is 1. The molecular formula is C5H6N2O2. The highest BCUT2D eigenvalue weighted by atomic mass is 16.6. The smallest absolute Gasteiger partial charge is 0.268 e. The molecule has 0 bridgehead atoms. The Balaban J connectivity index is 2.51. The van der Waals surface area contributed by atoms with Crippen molar-refractivity contribution in [3.8, 4) is 0 Å². The van der Waals surface area contributed by atoms with Crippen LogP contribution >= 0.6 is 0 Å². The van der Waals surface area contributed by atoms with E-state index in [0.717, 1.165) is 0 Å². The van der Waals surface area contributed by atoms with Gasteiger partial charge < -0.3 is 10.2 Å². The highest BCUT2D eigenvalue weighted by Crippen LogP contribution is 2.03. The maximum Gasteiger partial charge on any atom is 0.268 e. The van der Waals surface area contributed by atoms with Crippen LogP contribution in [0.4, 0.5) is 0 Å². The fourth-order valence-electron chi connectivity index (χ4n) is 0.486. The summed E-state index contributed by atoms with van der Waals surface area (Å²) in [6.07, 6.45) is 0.375. The molecule has 0 aliphatic carbocycles. The maximum absolute atomic E-state index is 10.7. The van der Waals surface area contributed by atoms with Crippen molar-refractivity contribution in [1.29, 1.82) is 0 Å². The number of hydrogen-bond donors (Lipinski definition) is 1. The number of oxime groups is 1. The zero-order chi connectivity index (χ0) is 6.69. The molecule has 0 atom stereocenters. The maximum atomic E-state index is 10.7. The van der Waals surface area contributed by atoms with E-state index in [4.69, 9.17) is 0 Å². The van der Waals surface area contributed by atoms with Gasteiger partial charge in [0, 0.05) is 7.05 Å². The number of rotatable bonds is 1. The summed E-state index contributed by atoms with van der Waals surface area (Å²) >= 11 is 0. The van der Waals surface area contributed by atoms with Gasteiger partial charge in [0.25, 0.3) is 5.91 Å². The van der Waals surface area contributed by atoms with E-state index in [1.165, 1.54) is 0 Å². The van der Waals surface area contributed by atoms with Crippen molar-refractivity contribution in [1.82, 2.24) is 5.32 Å². The van der Waals surface area contributed by atoms with Crippen molar-refractivity contribution in [3.05, 3.63) is 6.61 Å². The first-order valence-electron chi connectivity index (χ1n) is 2.52. The molecule has 1 aliphatic rings. The fraction of sp³-hybridized carbons (Fsp3) is 0.400. The van der Waals surface area contributed by atoms with Gasteiger partial charge in [0.2, 0.25) is 6.61 Å². The molecule has 0 fully saturated rings. The molecule has 48 valence electrons. The van der Waals surface area contributed by atoms with Crippen molar-refractivity contribution in [2.45, 2.75) is 6.42 Å². The summed E-state index contributed by atoms with van der Waals surface area (Å²) in [6, 6.07) is 0. The summed E-state index contributed by atoms with van der Waals surface area (Å²) < 4.78 is 0. The van der Waals surface area contributed by atoms with E-state index >= 15 is 0 Å². The highest BCUT2D eigenvalue weighted by Gasteiger charge is 2.16. The molecule has 0 aromatic carbocycles. The first-order chi connectivity index (χ1) is 4.34. The van der Waals surface area contributed by atoms with E-state index in [1.54, 1.807) is 7.05 Å². The van der Waals surface area contributed by atoms with Gasteiger partial charge in [-0.25, -0.2) is 0 Å². The second kappa shape index (κ2) is 2.48. The minimum atomic E-state index is -0.208. The van der Waals surface area contributed by atoms with E-state index in [0.29, 0.717) is 12.1 Å². The zero-order valence-corrected chi connectivity index (χ0v) is 4.97. The van der Waals surface area contributed by atoms with Crippen LogP contribution in [0.25, 0.3) is 0 Å². The Morgan fingerprint density at radius 3 is 3.22 bits per heavy atom. The molecule has 1 heterocycles. The Labute approximate surface area is 52.9 Å². The Hall–Kier alpha value is -1.06. The van der Waals surface area contributed by atoms with Crippen LogP contribution in [0.3, 0.4) is 0 Å². The quantitative estimate of drug-likeness (QED) is 0.517. The molecule has 0 saturated heterocycles. The van der Waals surface area contributed by atoms with Crippen LogP contribution in [0.1, 0.15) is 6.42 Å². The van der Waals surface area contributed by atoms with Crippen LogP contribution in [0, 0.1) is 6.61 Å². The molecule has 1 amide bonds. The minimum Gasteiger partial charge on any atom is -0.379 e. The molecule has 1 aliphatic heterocycles. The normalized spacial score (nSPS) is 16.3. The van der Waals surface area contributed by atoms with E-state index < -0.39 is 0 Å². The van der Waals surface area contributed by atoms with Crippen molar-refractivity contribution in [3.63, 3.8) is 0 Å². The van der Waals surface area contributed by atoms with Crippen LogP contribution in [-0.2, 0) is 9.63 Å². The second-order valence-corrected chi connectivity index (χ2v) is 1.53. The monoisotopic (exact) mass is 126 g/mol. The molecule has 1 N–H and O–H groups in total. The van der Waals surface area contributed by atoms with Gasteiger partial charge >= 0.3 is 0 Å². The molecular weight excluding hydrogens is 120 g/mol. The number of carbonyl (C=O) groups is 1. The van der Waals surface area contributed by atoms with Gasteiger partial charge in [-0.1, -0.05) is 5.16 Å². The Morgan fingerprint density at radius 2 is 2.78 bits per heavy atom. The van der Waals surface area contributed by atoms with Gasteiger partial charge in [-0.05, 0) is 0 Å². The van der Waals surface area contributed by atoms with Crippen molar-refractivity contribution < 1.29 is 9.63 Å². The largest absolute Gasteiger partial charge is 0.379 e. The third-order valence-electron chi connectivity index (χ3n) is 0.949. The third-order valence-corrected chi connectivity index (χ3v) is 0.949. The predicted octanol–water partition coefficient (Wildman–Crippen LogP) is -0.453. The summed E-state index contributed by atoms with van der Waals surface area (Å²) in [7, 11) is 1.54. The number of hydrogen-bond acceptors (Lipinski definition) is 3. The standard InChI is InChI=1S/C5H6N2O2/c1-6-5(8)4-2-3-9-7-4/h2H2,1H3,(H,6,8). The molecule has 1 rings (SSSR count). The first kappa shape index (κ1) is 6.07. The summed E-state index contributed by atoms with van der Waals surface area (Å²) in [6.45, 7) is 2.42. The molecule has 2 radical (unpaired) electrons. The lowest BCUT2D eigenvalue weighted by Crippen LogP contribution is -2.25. The molecule has 0 spiro atoms. The topological polar surface area (TPSA) is 50.7 Å². The fourth-order valence-corrected chi connectivity index (χ4v) is 0.486. The summed E-state index contributed by atoms with van der Waals surface area (Å²) in [5, 5.41) is 5.82. The zero-order valence-electron chi connectivity index (χ0n) is 4.97. The van der Waals surface area contributed by atoms with Gasteiger partial charge in [0.15, 0.2) is 0 Å². The average Bonchev–Trinajstić information content (AvgIpc) is 2.37. The van der Waals surface area contributed by atoms with Crippen molar-refractivity contribution in [2.75, 3.05) is 7.05 Å². The summed E-state index contributed by atoms with van der Waals surface area (Å²) in [4.78, 5) is 15.0. The van der Waals surface area contributed by atoms with Gasteiger partial charge in [-0.15, -0.1) is 0 Å². The minimum absolute atomic E-state index is 0.208. The molecule has 0 saturated carbocycles.